The minimum atomic E-state index is -0.396. The lowest BCUT2D eigenvalue weighted by Crippen LogP contribution is -2.43. The van der Waals surface area contributed by atoms with Crippen molar-refractivity contribution in [1.29, 1.82) is 0 Å². The first-order valence-electron chi connectivity index (χ1n) is 7.06. The molecule has 2 fully saturated rings. The number of rotatable bonds is 4. The van der Waals surface area contributed by atoms with Gasteiger partial charge in [0.05, 0.1) is 30.8 Å². The van der Waals surface area contributed by atoms with Gasteiger partial charge in [-0.05, 0) is 12.8 Å². The summed E-state index contributed by atoms with van der Waals surface area (Å²) in [5, 5.41) is 9.54. The quantitative estimate of drug-likeness (QED) is 0.762. The lowest BCUT2D eigenvalue weighted by Gasteiger charge is -2.30. The molecule has 0 aromatic rings. The molecule has 1 N–H and O–H groups in total. The first-order chi connectivity index (χ1) is 9.66. The van der Waals surface area contributed by atoms with Crippen LogP contribution in [-0.4, -0.2) is 83.7 Å². The minimum Gasteiger partial charge on any atom is -0.391 e. The van der Waals surface area contributed by atoms with Crippen LogP contribution in [0.3, 0.4) is 0 Å². The van der Waals surface area contributed by atoms with Crippen LogP contribution in [0.1, 0.15) is 12.8 Å². The Bertz CT molecular complexity index is 347. The Morgan fingerprint density at radius 2 is 1.75 bits per heavy atom. The number of amides is 2. The van der Waals surface area contributed by atoms with Gasteiger partial charge in [-0.25, -0.2) is 0 Å². The lowest BCUT2D eigenvalue weighted by molar-refractivity contribution is -0.132. The number of carbonyl (C=O) groups is 2. The van der Waals surface area contributed by atoms with Gasteiger partial charge >= 0.3 is 0 Å². The maximum Gasteiger partial charge on any atom is 0.232 e. The van der Waals surface area contributed by atoms with Gasteiger partial charge in [0.2, 0.25) is 11.8 Å². The van der Waals surface area contributed by atoms with Gasteiger partial charge in [-0.3, -0.25) is 9.59 Å². The molecule has 0 bridgehead atoms. The fourth-order valence-corrected chi connectivity index (χ4v) is 3.22. The third-order valence-electron chi connectivity index (χ3n) is 3.56. The van der Waals surface area contributed by atoms with Crippen LogP contribution in [0.5, 0.6) is 0 Å². The standard InChI is InChI=1S/C13H22N2O4S/c16-11-2-1-3-15(8-11)13(18)10-20-9-12(17)14-4-6-19-7-5-14/h11,16H,1-10H2/t11-/m0/s1. The molecule has 2 saturated heterocycles. The summed E-state index contributed by atoms with van der Waals surface area (Å²) in [6.07, 6.45) is 1.23. The summed E-state index contributed by atoms with van der Waals surface area (Å²) >= 11 is 1.35. The molecule has 20 heavy (non-hydrogen) atoms. The molecule has 0 aromatic heterocycles. The molecule has 114 valence electrons. The molecule has 0 saturated carbocycles. The molecule has 0 radical (unpaired) electrons. The van der Waals surface area contributed by atoms with E-state index in [9.17, 15) is 14.7 Å². The SMILES string of the molecule is O=C(CSCC(=O)N1CCC[C@H](O)C1)N1CCOCC1. The van der Waals surface area contributed by atoms with Crippen LogP contribution in [0.25, 0.3) is 0 Å². The zero-order valence-corrected chi connectivity index (χ0v) is 12.4. The summed E-state index contributed by atoms with van der Waals surface area (Å²) in [4.78, 5) is 27.3. The summed E-state index contributed by atoms with van der Waals surface area (Å²) in [5.41, 5.74) is 0. The maximum absolute atomic E-state index is 12.0. The maximum atomic E-state index is 12.0. The van der Waals surface area contributed by atoms with Crippen molar-refractivity contribution in [2.45, 2.75) is 18.9 Å². The summed E-state index contributed by atoms with van der Waals surface area (Å²) in [5.74, 6) is 0.735. The number of morpholine rings is 1. The van der Waals surface area contributed by atoms with Crippen molar-refractivity contribution >= 4 is 23.6 Å². The molecule has 2 heterocycles. The molecule has 2 rings (SSSR count). The second kappa shape index (κ2) is 7.85. The number of hydrogen-bond acceptors (Lipinski definition) is 5. The van der Waals surface area contributed by atoms with Gasteiger partial charge in [0.25, 0.3) is 0 Å². The normalized spacial score (nSPS) is 23.8. The Hall–Kier alpha value is -0.790. The fraction of sp³-hybridized carbons (Fsp3) is 0.846. The van der Waals surface area contributed by atoms with Crippen LogP contribution >= 0.6 is 11.8 Å². The Balaban J connectivity index is 1.64. The van der Waals surface area contributed by atoms with E-state index in [1.54, 1.807) is 9.80 Å². The number of carbonyl (C=O) groups excluding carboxylic acids is 2. The molecule has 7 heteroatoms. The highest BCUT2D eigenvalue weighted by atomic mass is 32.2. The van der Waals surface area contributed by atoms with Crippen LogP contribution in [0.15, 0.2) is 0 Å². The van der Waals surface area contributed by atoms with Gasteiger partial charge < -0.3 is 19.6 Å². The third kappa shape index (κ3) is 4.64. The van der Waals surface area contributed by atoms with E-state index in [1.807, 2.05) is 0 Å². The summed E-state index contributed by atoms with van der Waals surface area (Å²) in [6.45, 7) is 3.63. The molecule has 0 unspecified atom stereocenters. The van der Waals surface area contributed by atoms with Gasteiger partial charge in [-0.1, -0.05) is 0 Å². The van der Waals surface area contributed by atoms with Crippen LogP contribution in [-0.2, 0) is 14.3 Å². The summed E-state index contributed by atoms with van der Waals surface area (Å²) < 4.78 is 5.20. The number of aliphatic hydroxyl groups excluding tert-OH is 1. The monoisotopic (exact) mass is 302 g/mol. The van der Waals surface area contributed by atoms with E-state index in [0.717, 1.165) is 12.8 Å². The molecule has 2 aliphatic rings. The molecular formula is C13H22N2O4S. The molecule has 0 aromatic carbocycles. The molecule has 2 aliphatic heterocycles. The van der Waals surface area contributed by atoms with E-state index in [2.05, 4.69) is 0 Å². The van der Waals surface area contributed by atoms with Crippen molar-refractivity contribution in [2.24, 2.45) is 0 Å². The van der Waals surface area contributed by atoms with E-state index in [-0.39, 0.29) is 11.8 Å². The van der Waals surface area contributed by atoms with Crippen LogP contribution < -0.4 is 0 Å². The minimum absolute atomic E-state index is 0.0172. The van der Waals surface area contributed by atoms with E-state index in [0.29, 0.717) is 50.9 Å². The number of piperidine rings is 1. The van der Waals surface area contributed by atoms with Crippen LogP contribution in [0.2, 0.25) is 0 Å². The number of aliphatic hydroxyl groups is 1. The number of β-amino-alcohol motifs (C(OH)–C–C–N with tert-alkyl or cyclic N) is 1. The molecule has 0 aliphatic carbocycles. The first-order valence-corrected chi connectivity index (χ1v) is 8.21. The van der Waals surface area contributed by atoms with Gasteiger partial charge in [0.1, 0.15) is 0 Å². The van der Waals surface area contributed by atoms with E-state index >= 15 is 0 Å². The zero-order chi connectivity index (χ0) is 14.4. The van der Waals surface area contributed by atoms with Crippen molar-refractivity contribution in [3.63, 3.8) is 0 Å². The molecular weight excluding hydrogens is 280 g/mol. The van der Waals surface area contributed by atoms with Gasteiger partial charge in [-0.2, -0.15) is 0 Å². The third-order valence-corrected chi connectivity index (χ3v) is 4.47. The van der Waals surface area contributed by atoms with Gasteiger partial charge in [-0.15, -0.1) is 11.8 Å². The lowest BCUT2D eigenvalue weighted by atomic mass is 10.1. The van der Waals surface area contributed by atoms with E-state index < -0.39 is 6.10 Å². The highest BCUT2D eigenvalue weighted by molar-refractivity contribution is 8.00. The van der Waals surface area contributed by atoms with Gasteiger partial charge in [0, 0.05) is 26.2 Å². The average Bonchev–Trinajstić information content (AvgIpc) is 2.48. The van der Waals surface area contributed by atoms with Crippen molar-refractivity contribution in [3.8, 4) is 0 Å². The Morgan fingerprint density at radius 1 is 1.10 bits per heavy atom. The second-order valence-corrected chi connectivity index (χ2v) is 6.11. The summed E-state index contributed by atoms with van der Waals surface area (Å²) in [7, 11) is 0. The molecule has 1 atom stereocenters. The van der Waals surface area contributed by atoms with Crippen molar-refractivity contribution in [2.75, 3.05) is 50.9 Å². The highest BCUT2D eigenvalue weighted by Crippen LogP contribution is 2.12. The first kappa shape index (κ1) is 15.6. The number of nitrogens with zero attached hydrogens (tertiary/aromatic N) is 2. The summed E-state index contributed by atoms with van der Waals surface area (Å²) in [6, 6.07) is 0. The van der Waals surface area contributed by atoms with Crippen LogP contribution in [0.4, 0.5) is 0 Å². The van der Waals surface area contributed by atoms with Crippen molar-refractivity contribution in [3.05, 3.63) is 0 Å². The number of thioether (sulfide) groups is 1. The van der Waals surface area contributed by atoms with Gasteiger partial charge in [0.15, 0.2) is 0 Å². The highest BCUT2D eigenvalue weighted by Gasteiger charge is 2.22. The topological polar surface area (TPSA) is 70.1 Å². The predicted octanol–water partition coefficient (Wildman–Crippen LogP) is -0.438. The van der Waals surface area contributed by atoms with Crippen molar-refractivity contribution < 1.29 is 19.4 Å². The van der Waals surface area contributed by atoms with E-state index in [4.69, 9.17) is 4.74 Å². The zero-order valence-electron chi connectivity index (χ0n) is 11.6. The molecule has 2 amide bonds. The van der Waals surface area contributed by atoms with Crippen molar-refractivity contribution in [1.82, 2.24) is 9.80 Å². The average molecular weight is 302 g/mol. The predicted molar refractivity (Wildman–Crippen MR) is 76.5 cm³/mol. The largest absolute Gasteiger partial charge is 0.391 e. The smallest absolute Gasteiger partial charge is 0.232 e. The Morgan fingerprint density at radius 3 is 2.40 bits per heavy atom. The number of hydrogen-bond donors (Lipinski definition) is 1. The Kier molecular flexibility index (Phi) is 6.12. The van der Waals surface area contributed by atoms with E-state index in [1.165, 1.54) is 11.8 Å². The fourth-order valence-electron chi connectivity index (χ4n) is 2.40. The molecule has 0 spiro atoms. The second-order valence-electron chi connectivity index (χ2n) is 5.12. The number of ether oxygens (including phenoxy) is 1. The molecule has 6 nitrogen and oxygen atoms in total. The Labute approximate surface area is 123 Å². The van der Waals surface area contributed by atoms with Crippen LogP contribution in [0, 0.1) is 0 Å². The number of likely N-dealkylation sites (tertiary alicyclic amines) is 1.